The zero-order valence-corrected chi connectivity index (χ0v) is 25.6. The van der Waals surface area contributed by atoms with E-state index in [-0.39, 0.29) is 23.0 Å². The number of ether oxygens (including phenoxy) is 1. The third-order valence-electron chi connectivity index (χ3n) is 7.72. The Morgan fingerprint density at radius 3 is 2.50 bits per heavy atom. The summed E-state index contributed by atoms with van der Waals surface area (Å²) >= 11 is 1.39. The molecule has 220 valence electrons. The molecule has 3 aliphatic rings. The van der Waals surface area contributed by atoms with Crippen molar-refractivity contribution in [1.82, 2.24) is 19.0 Å². The topological polar surface area (TPSA) is 97.1 Å². The van der Waals surface area contributed by atoms with Crippen molar-refractivity contribution in [2.75, 3.05) is 26.2 Å². The monoisotopic (exact) mass is 605 g/mol. The van der Waals surface area contributed by atoms with E-state index in [0.717, 1.165) is 30.4 Å². The molecule has 11 heteroatoms. The van der Waals surface area contributed by atoms with Gasteiger partial charge in [0.05, 0.1) is 27.7 Å². The first-order valence-electron chi connectivity index (χ1n) is 14.4. The smallest absolute Gasteiger partial charge is 0.286 e. The molecule has 2 saturated heterocycles. The molecule has 0 N–H and O–H groups in total. The Bertz CT molecular complexity index is 1640. The molecule has 3 atom stereocenters. The van der Waals surface area contributed by atoms with Crippen LogP contribution < -0.4 is 0 Å². The van der Waals surface area contributed by atoms with E-state index in [1.807, 2.05) is 62.5 Å². The van der Waals surface area contributed by atoms with Gasteiger partial charge in [0.15, 0.2) is 5.17 Å². The Balaban J connectivity index is 1.36. The second-order valence-corrected chi connectivity index (χ2v) is 14.3. The van der Waals surface area contributed by atoms with Crippen LogP contribution in [0.3, 0.4) is 0 Å². The van der Waals surface area contributed by atoms with Gasteiger partial charge in [-0.3, -0.25) is 4.79 Å². The van der Waals surface area contributed by atoms with Gasteiger partial charge in [0.1, 0.15) is 5.69 Å². The summed E-state index contributed by atoms with van der Waals surface area (Å²) in [6, 6.07) is 16.6. The number of aromatic nitrogens is 2. The summed E-state index contributed by atoms with van der Waals surface area (Å²) in [7, 11) is -3.75. The maximum absolute atomic E-state index is 13.7. The van der Waals surface area contributed by atoms with Gasteiger partial charge in [0, 0.05) is 43.5 Å². The maximum Gasteiger partial charge on any atom is 0.286 e. The lowest BCUT2D eigenvalue weighted by Gasteiger charge is -2.34. The van der Waals surface area contributed by atoms with Crippen LogP contribution in [0, 0.1) is 5.92 Å². The fourth-order valence-electron chi connectivity index (χ4n) is 5.75. The van der Waals surface area contributed by atoms with Crippen molar-refractivity contribution >= 4 is 38.9 Å². The minimum Gasteiger partial charge on any atom is -0.373 e. The van der Waals surface area contributed by atoms with Crippen molar-refractivity contribution in [2.24, 2.45) is 10.9 Å². The van der Waals surface area contributed by atoms with Crippen LogP contribution in [0.5, 0.6) is 0 Å². The number of hydrogen-bond donors (Lipinski definition) is 0. The summed E-state index contributed by atoms with van der Waals surface area (Å²) < 4.78 is 36.3. The van der Waals surface area contributed by atoms with E-state index in [1.54, 1.807) is 22.9 Å². The van der Waals surface area contributed by atoms with Crippen LogP contribution in [0.15, 0.2) is 75.6 Å². The first kappa shape index (κ1) is 28.9. The van der Waals surface area contributed by atoms with Gasteiger partial charge in [-0.15, -0.1) is 0 Å². The molecule has 42 heavy (non-hydrogen) atoms. The molecule has 2 fully saturated rings. The van der Waals surface area contributed by atoms with Gasteiger partial charge >= 0.3 is 0 Å². The normalized spacial score (nSPS) is 24.8. The standard InChI is InChI=1S/C31H35N5O4S2/c1-21-9-8-14-34(17-21)31-32-30(37)28(41-31)16-25-20-36(26-11-5-4-6-12-26)33-29(25)24-10-7-13-27(15-24)42(38,39)35-18-22(2)40-23(3)19-35/h4-7,10-13,15-16,20-23H,8-9,14,17-19H2,1-3H3. The molecule has 3 aliphatic heterocycles. The summed E-state index contributed by atoms with van der Waals surface area (Å²) in [4.78, 5) is 20.3. The lowest BCUT2D eigenvalue weighted by Crippen LogP contribution is -2.48. The molecular weight excluding hydrogens is 571 g/mol. The fourth-order valence-corrected chi connectivity index (χ4v) is 8.32. The average Bonchev–Trinajstić information content (AvgIpc) is 3.57. The van der Waals surface area contributed by atoms with Crippen LogP contribution in [0.25, 0.3) is 23.0 Å². The van der Waals surface area contributed by atoms with Crippen LogP contribution >= 0.6 is 11.8 Å². The molecule has 1 aromatic heterocycles. The Morgan fingerprint density at radius 2 is 1.76 bits per heavy atom. The third kappa shape index (κ3) is 5.96. The Labute approximate surface area is 251 Å². The fraction of sp³-hybridized carbons (Fsp3) is 0.387. The molecular formula is C31H35N5O4S2. The van der Waals surface area contributed by atoms with Crippen molar-refractivity contribution in [3.63, 3.8) is 0 Å². The maximum atomic E-state index is 13.7. The number of rotatable bonds is 5. The molecule has 3 unspecified atom stereocenters. The van der Waals surface area contributed by atoms with Gasteiger partial charge in [-0.2, -0.15) is 14.4 Å². The molecule has 0 spiro atoms. The third-order valence-corrected chi connectivity index (χ3v) is 10.6. The highest BCUT2D eigenvalue weighted by molar-refractivity contribution is 8.18. The number of hydrogen-bond acceptors (Lipinski definition) is 7. The van der Waals surface area contributed by atoms with Crippen LogP contribution in [0.4, 0.5) is 0 Å². The summed E-state index contributed by atoms with van der Waals surface area (Å²) in [5.74, 6) is 0.298. The van der Waals surface area contributed by atoms with Crippen molar-refractivity contribution in [1.29, 1.82) is 0 Å². The van der Waals surface area contributed by atoms with Gasteiger partial charge in [0.2, 0.25) is 10.0 Å². The quantitative estimate of drug-likeness (QED) is 0.376. The Morgan fingerprint density at radius 1 is 1.00 bits per heavy atom. The number of aliphatic imine (C=N–C) groups is 1. The largest absolute Gasteiger partial charge is 0.373 e. The van der Waals surface area contributed by atoms with Crippen molar-refractivity contribution in [3.8, 4) is 16.9 Å². The second kappa shape index (κ2) is 11.8. The number of amidine groups is 1. The van der Waals surface area contributed by atoms with Gasteiger partial charge in [-0.25, -0.2) is 13.1 Å². The number of carbonyl (C=O) groups is 1. The highest BCUT2D eigenvalue weighted by Crippen LogP contribution is 2.35. The predicted molar refractivity (Wildman–Crippen MR) is 166 cm³/mol. The van der Waals surface area contributed by atoms with Crippen LogP contribution in [0.2, 0.25) is 0 Å². The zero-order chi connectivity index (χ0) is 29.4. The van der Waals surface area contributed by atoms with Gasteiger partial charge in [-0.05, 0) is 74.7 Å². The van der Waals surface area contributed by atoms with Gasteiger partial charge in [-0.1, -0.05) is 37.3 Å². The number of morpholine rings is 1. The Kier molecular flexibility index (Phi) is 8.10. The van der Waals surface area contributed by atoms with E-state index >= 15 is 0 Å². The van der Waals surface area contributed by atoms with E-state index in [9.17, 15) is 13.2 Å². The van der Waals surface area contributed by atoms with Gasteiger partial charge < -0.3 is 9.64 Å². The highest BCUT2D eigenvalue weighted by Gasteiger charge is 2.33. The van der Waals surface area contributed by atoms with Crippen LogP contribution in [-0.2, 0) is 19.6 Å². The number of carbonyl (C=O) groups excluding carboxylic acids is 1. The zero-order valence-electron chi connectivity index (χ0n) is 24.0. The number of nitrogens with zero attached hydrogens (tertiary/aromatic N) is 5. The first-order chi connectivity index (χ1) is 20.2. The number of sulfonamides is 1. The molecule has 6 rings (SSSR count). The summed E-state index contributed by atoms with van der Waals surface area (Å²) in [5, 5.41) is 5.62. The molecule has 0 saturated carbocycles. The number of amides is 1. The van der Waals surface area contributed by atoms with E-state index in [2.05, 4.69) is 16.8 Å². The van der Waals surface area contributed by atoms with E-state index in [0.29, 0.717) is 40.7 Å². The lowest BCUT2D eigenvalue weighted by atomic mass is 10.0. The second-order valence-electron chi connectivity index (χ2n) is 11.3. The first-order valence-corrected chi connectivity index (χ1v) is 16.6. The minimum atomic E-state index is -3.75. The average molecular weight is 606 g/mol. The number of benzene rings is 2. The minimum absolute atomic E-state index is 0.187. The van der Waals surface area contributed by atoms with Crippen LogP contribution in [0.1, 0.15) is 39.2 Å². The summed E-state index contributed by atoms with van der Waals surface area (Å²) in [5.41, 5.74) is 2.79. The number of piperidine rings is 1. The number of thioether (sulfide) groups is 1. The lowest BCUT2D eigenvalue weighted by molar-refractivity contribution is -0.113. The van der Waals surface area contributed by atoms with Crippen molar-refractivity contribution in [3.05, 3.63) is 71.3 Å². The van der Waals surface area contributed by atoms with Crippen LogP contribution in [-0.4, -0.2) is 76.9 Å². The molecule has 1 amide bonds. The summed E-state index contributed by atoms with van der Waals surface area (Å²) in [6.07, 6.45) is 5.60. The molecule has 4 heterocycles. The molecule has 3 aromatic rings. The van der Waals surface area contributed by atoms with Crippen molar-refractivity contribution in [2.45, 2.75) is 50.7 Å². The molecule has 0 radical (unpaired) electrons. The summed E-state index contributed by atoms with van der Waals surface area (Å²) in [6.45, 7) is 8.38. The van der Waals surface area contributed by atoms with E-state index in [4.69, 9.17) is 9.84 Å². The predicted octanol–water partition coefficient (Wildman–Crippen LogP) is 5.04. The molecule has 0 aliphatic carbocycles. The number of para-hydroxylation sites is 1. The van der Waals surface area contributed by atoms with E-state index < -0.39 is 10.0 Å². The van der Waals surface area contributed by atoms with Crippen molar-refractivity contribution < 1.29 is 17.9 Å². The SMILES string of the molecule is CC1CCCN(C2=NC(=O)C(=Cc3cn(-c4ccccc4)nc3-c3cccc(S(=O)(=O)N4CC(C)OC(C)C4)c3)S2)C1. The molecule has 0 bridgehead atoms. The van der Waals surface area contributed by atoms with Gasteiger partial charge in [0.25, 0.3) is 5.91 Å². The highest BCUT2D eigenvalue weighted by atomic mass is 32.2. The van der Waals surface area contributed by atoms with E-state index in [1.165, 1.54) is 22.5 Å². The molecule has 9 nitrogen and oxygen atoms in total. The number of likely N-dealkylation sites (tertiary alicyclic amines) is 1. The Hall–Kier alpha value is -3.25. The molecule has 2 aromatic carbocycles.